The van der Waals surface area contributed by atoms with Crippen LogP contribution in [0.25, 0.3) is 6.08 Å². The Morgan fingerprint density at radius 1 is 1.18 bits per heavy atom. The van der Waals surface area contributed by atoms with Crippen molar-refractivity contribution in [3.05, 3.63) is 33.2 Å². The highest BCUT2D eigenvalue weighted by Gasteiger charge is 2.52. The number of aromatic hydroxyl groups is 1. The van der Waals surface area contributed by atoms with Crippen molar-refractivity contribution in [2.24, 2.45) is 0 Å². The zero-order valence-corrected chi connectivity index (χ0v) is 15.4. The molecule has 1 aliphatic heterocycles. The summed E-state index contributed by atoms with van der Waals surface area (Å²) in [5, 5.41) is 10.2. The first-order valence-electron chi connectivity index (χ1n) is 6.92. The van der Waals surface area contributed by atoms with Gasteiger partial charge in [0.1, 0.15) is 5.75 Å². The molecule has 2 rings (SSSR count). The van der Waals surface area contributed by atoms with Crippen LogP contribution in [0.3, 0.4) is 0 Å². The molecular formula is C15H19BCl2O3S. The maximum absolute atomic E-state index is 9.56. The second kappa shape index (κ2) is 6.29. The number of phenolic OH excluding ortho intramolecular Hbond substituents is 1. The lowest BCUT2D eigenvalue weighted by Crippen LogP contribution is -2.41. The van der Waals surface area contributed by atoms with Crippen molar-refractivity contribution in [2.75, 3.05) is 5.75 Å². The van der Waals surface area contributed by atoms with Crippen molar-refractivity contribution < 1.29 is 14.4 Å². The summed E-state index contributed by atoms with van der Waals surface area (Å²) in [5.41, 5.74) is 0.681. The zero-order chi connectivity index (χ0) is 16.7. The maximum atomic E-state index is 9.56. The molecule has 0 amide bonds. The van der Waals surface area contributed by atoms with E-state index >= 15 is 0 Å². The van der Waals surface area contributed by atoms with Gasteiger partial charge in [-0.1, -0.05) is 29.3 Å². The molecule has 1 aromatic carbocycles. The average Bonchev–Trinajstić information content (AvgIpc) is 2.61. The molecule has 7 heteroatoms. The first kappa shape index (κ1) is 18.0. The molecule has 22 heavy (non-hydrogen) atoms. The number of halogens is 2. The summed E-state index contributed by atoms with van der Waals surface area (Å²) in [7, 11) is -0.494. The molecule has 0 aliphatic carbocycles. The molecule has 3 nitrogen and oxygen atoms in total. The Bertz CT molecular complexity index is 601. The molecule has 0 spiro atoms. The monoisotopic (exact) mass is 360 g/mol. The number of hydrogen-bond donors (Lipinski definition) is 2. The summed E-state index contributed by atoms with van der Waals surface area (Å²) in [6.07, 6.45) is 1.84. The van der Waals surface area contributed by atoms with Crippen molar-refractivity contribution in [1.82, 2.24) is 0 Å². The normalized spacial score (nSPS) is 20.5. The molecule has 1 heterocycles. The van der Waals surface area contributed by atoms with Gasteiger partial charge in [-0.05, 0) is 44.8 Å². The van der Waals surface area contributed by atoms with Gasteiger partial charge in [0.2, 0.25) is 0 Å². The number of hydrogen-bond acceptors (Lipinski definition) is 4. The molecule has 0 radical (unpaired) electrons. The van der Waals surface area contributed by atoms with Gasteiger partial charge in [-0.25, -0.2) is 0 Å². The van der Waals surface area contributed by atoms with E-state index in [2.05, 4.69) is 12.6 Å². The topological polar surface area (TPSA) is 38.7 Å². The lowest BCUT2D eigenvalue weighted by atomic mass is 9.78. The highest BCUT2D eigenvalue weighted by molar-refractivity contribution is 7.80. The molecule has 0 unspecified atom stereocenters. The molecular weight excluding hydrogens is 342 g/mol. The molecule has 1 fully saturated rings. The summed E-state index contributed by atoms with van der Waals surface area (Å²) in [6, 6.07) is 3.02. The number of thiol groups is 1. The second-order valence-corrected chi connectivity index (χ2v) is 7.42. The number of phenols is 1. The molecule has 1 N–H and O–H groups in total. The van der Waals surface area contributed by atoms with Crippen LogP contribution < -0.4 is 0 Å². The third-order valence-electron chi connectivity index (χ3n) is 4.15. The number of rotatable bonds is 3. The zero-order valence-electron chi connectivity index (χ0n) is 13.0. The smallest absolute Gasteiger partial charge is 0.491 e. The molecule has 1 aliphatic rings. The van der Waals surface area contributed by atoms with Crippen LogP contribution in [0.5, 0.6) is 5.75 Å². The summed E-state index contributed by atoms with van der Waals surface area (Å²) in [5.74, 6) is 0.401. The van der Waals surface area contributed by atoms with E-state index in [9.17, 15) is 5.11 Å². The van der Waals surface area contributed by atoms with Gasteiger partial charge in [0.15, 0.2) is 0 Å². The van der Waals surface area contributed by atoms with Gasteiger partial charge in [-0.15, -0.1) is 0 Å². The third-order valence-corrected chi connectivity index (χ3v) is 5.14. The van der Waals surface area contributed by atoms with Crippen LogP contribution in [-0.2, 0) is 9.31 Å². The first-order valence-corrected chi connectivity index (χ1v) is 8.31. The van der Waals surface area contributed by atoms with Crippen molar-refractivity contribution in [1.29, 1.82) is 0 Å². The minimum atomic E-state index is -0.494. The van der Waals surface area contributed by atoms with Crippen molar-refractivity contribution in [2.45, 2.75) is 38.9 Å². The Hall–Kier alpha value is -0.325. The van der Waals surface area contributed by atoms with Gasteiger partial charge >= 0.3 is 7.12 Å². The maximum Gasteiger partial charge on any atom is 0.491 e. The molecule has 120 valence electrons. The SMILES string of the molecule is CC1(C)OB(C(=Cc2cc(Cl)c(O)cc2Cl)CS)OC1(C)C. The van der Waals surface area contributed by atoms with Gasteiger partial charge in [0.25, 0.3) is 0 Å². The Labute approximate surface area is 147 Å². The second-order valence-electron chi connectivity index (χ2n) is 6.29. The molecule has 1 aromatic rings. The van der Waals surface area contributed by atoms with Crippen molar-refractivity contribution >= 4 is 49.0 Å². The van der Waals surface area contributed by atoms with E-state index in [4.69, 9.17) is 32.5 Å². The van der Waals surface area contributed by atoms with E-state index in [0.29, 0.717) is 16.3 Å². The summed E-state index contributed by atoms with van der Waals surface area (Å²) in [6.45, 7) is 7.97. The fourth-order valence-corrected chi connectivity index (χ4v) is 2.67. The number of benzene rings is 1. The van der Waals surface area contributed by atoms with E-state index in [1.165, 1.54) is 6.07 Å². The van der Waals surface area contributed by atoms with E-state index in [1.807, 2.05) is 33.8 Å². The van der Waals surface area contributed by atoms with E-state index < -0.39 is 18.3 Å². The Morgan fingerprint density at radius 3 is 2.23 bits per heavy atom. The van der Waals surface area contributed by atoms with Gasteiger partial charge in [-0.2, -0.15) is 12.6 Å². The van der Waals surface area contributed by atoms with Gasteiger partial charge in [-0.3, -0.25) is 0 Å². The highest BCUT2D eigenvalue weighted by atomic mass is 35.5. The Balaban J connectivity index is 2.36. The van der Waals surface area contributed by atoms with Crippen LogP contribution in [0.2, 0.25) is 10.0 Å². The standard InChI is InChI=1S/C15H19BCl2O3S/c1-14(2)15(3,4)21-16(20-14)10(8-22)5-9-6-12(18)13(19)7-11(9)17/h5-7,19,22H,8H2,1-4H3. The van der Waals surface area contributed by atoms with Crippen LogP contribution in [0.1, 0.15) is 33.3 Å². The predicted molar refractivity (Wildman–Crippen MR) is 96.0 cm³/mol. The van der Waals surface area contributed by atoms with E-state index in [-0.39, 0.29) is 10.8 Å². The largest absolute Gasteiger partial charge is 0.506 e. The lowest BCUT2D eigenvalue weighted by Gasteiger charge is -2.32. The van der Waals surface area contributed by atoms with Crippen LogP contribution in [0, 0.1) is 0 Å². The van der Waals surface area contributed by atoms with Gasteiger partial charge in [0, 0.05) is 11.8 Å². The minimum Gasteiger partial charge on any atom is -0.506 e. The molecule has 0 saturated carbocycles. The Kier molecular flexibility index (Phi) is 5.15. The van der Waals surface area contributed by atoms with Crippen LogP contribution in [0.4, 0.5) is 0 Å². The van der Waals surface area contributed by atoms with Gasteiger partial charge < -0.3 is 14.4 Å². The average molecular weight is 361 g/mol. The predicted octanol–water partition coefficient (Wildman–Crippen LogP) is 4.64. The molecule has 0 bridgehead atoms. The minimum absolute atomic E-state index is 0.0492. The Morgan fingerprint density at radius 2 is 1.73 bits per heavy atom. The fraction of sp³-hybridized carbons (Fsp3) is 0.467. The lowest BCUT2D eigenvalue weighted by molar-refractivity contribution is 0.00578. The van der Waals surface area contributed by atoms with Gasteiger partial charge in [0.05, 0.1) is 21.2 Å². The molecule has 0 atom stereocenters. The van der Waals surface area contributed by atoms with Crippen LogP contribution >= 0.6 is 35.8 Å². The van der Waals surface area contributed by atoms with Crippen LogP contribution in [0.15, 0.2) is 17.6 Å². The highest BCUT2D eigenvalue weighted by Crippen LogP contribution is 2.39. The quantitative estimate of drug-likeness (QED) is 0.609. The third kappa shape index (κ3) is 3.44. The molecule has 1 saturated heterocycles. The molecule has 0 aromatic heterocycles. The fourth-order valence-electron chi connectivity index (χ4n) is 2.04. The summed E-state index contributed by atoms with van der Waals surface area (Å²) < 4.78 is 12.0. The summed E-state index contributed by atoms with van der Waals surface area (Å²) >= 11 is 16.5. The van der Waals surface area contributed by atoms with E-state index in [1.54, 1.807) is 6.07 Å². The van der Waals surface area contributed by atoms with Crippen molar-refractivity contribution in [3.63, 3.8) is 0 Å². The first-order chi connectivity index (χ1) is 10.1. The summed E-state index contributed by atoms with van der Waals surface area (Å²) in [4.78, 5) is 0. The van der Waals surface area contributed by atoms with Crippen LogP contribution in [-0.4, -0.2) is 29.2 Å². The van der Waals surface area contributed by atoms with E-state index in [0.717, 1.165) is 5.47 Å². The van der Waals surface area contributed by atoms with Crippen molar-refractivity contribution in [3.8, 4) is 5.75 Å².